The number of urea groups is 1. The van der Waals surface area contributed by atoms with Crippen LogP contribution in [0.2, 0.25) is 0 Å². The molecule has 1 fully saturated rings. The molecule has 1 aliphatic heterocycles. The van der Waals surface area contributed by atoms with Crippen molar-refractivity contribution in [3.05, 3.63) is 0 Å². The van der Waals surface area contributed by atoms with E-state index in [4.69, 9.17) is 5.11 Å². The lowest BCUT2D eigenvalue weighted by atomic mass is 10.1. The Balaban J connectivity index is 2.34. The summed E-state index contributed by atoms with van der Waals surface area (Å²) < 4.78 is 0.0237. The molecule has 1 atom stereocenters. The Morgan fingerprint density at radius 3 is 2.72 bits per heavy atom. The Labute approximate surface area is 112 Å². The molecule has 2 amide bonds. The van der Waals surface area contributed by atoms with E-state index in [1.807, 2.05) is 6.26 Å². The molecule has 0 saturated carbocycles. The summed E-state index contributed by atoms with van der Waals surface area (Å²) in [6, 6.07) is -0.0787. The van der Waals surface area contributed by atoms with Crippen LogP contribution in [0.25, 0.3) is 0 Å². The highest BCUT2D eigenvalue weighted by atomic mass is 32.2. The summed E-state index contributed by atoms with van der Waals surface area (Å²) in [7, 11) is 0. The predicted octanol–water partition coefficient (Wildman–Crippen LogP) is 1.63. The largest absolute Gasteiger partial charge is 0.481 e. The lowest BCUT2D eigenvalue weighted by molar-refractivity contribution is -0.138. The fraction of sp³-hybridized carbons (Fsp3) is 0.833. The third-order valence-corrected chi connectivity index (χ3v) is 4.50. The van der Waals surface area contributed by atoms with Crippen LogP contribution in [0.3, 0.4) is 0 Å². The van der Waals surface area contributed by atoms with Gasteiger partial charge in [0.25, 0.3) is 0 Å². The van der Waals surface area contributed by atoms with Crippen molar-refractivity contribution < 1.29 is 14.7 Å². The van der Waals surface area contributed by atoms with Gasteiger partial charge < -0.3 is 15.3 Å². The van der Waals surface area contributed by atoms with E-state index < -0.39 is 5.97 Å². The molecule has 0 aromatic carbocycles. The van der Waals surface area contributed by atoms with Gasteiger partial charge in [0, 0.05) is 30.8 Å². The molecule has 1 heterocycles. The van der Waals surface area contributed by atoms with Crippen LogP contribution in [0, 0.1) is 5.92 Å². The molecule has 1 rings (SSSR count). The number of amides is 2. The smallest absolute Gasteiger partial charge is 0.317 e. The number of carboxylic acids is 1. The fourth-order valence-corrected chi connectivity index (χ4v) is 2.12. The molecule has 0 aliphatic carbocycles. The van der Waals surface area contributed by atoms with Gasteiger partial charge in [-0.25, -0.2) is 4.79 Å². The molecule has 5 nitrogen and oxygen atoms in total. The van der Waals surface area contributed by atoms with Gasteiger partial charge in [0.2, 0.25) is 0 Å². The monoisotopic (exact) mass is 274 g/mol. The van der Waals surface area contributed by atoms with Crippen molar-refractivity contribution in [1.82, 2.24) is 10.2 Å². The number of nitrogens with one attached hydrogen (secondary N) is 1. The molecule has 0 radical (unpaired) electrons. The van der Waals surface area contributed by atoms with Gasteiger partial charge in [0.05, 0.1) is 0 Å². The van der Waals surface area contributed by atoms with Crippen molar-refractivity contribution >= 4 is 23.8 Å². The summed E-state index contributed by atoms with van der Waals surface area (Å²) in [5, 5.41) is 11.6. The Hall–Kier alpha value is -0.910. The minimum Gasteiger partial charge on any atom is -0.481 e. The minimum absolute atomic E-state index is 0.0237. The topological polar surface area (TPSA) is 69.6 Å². The summed E-state index contributed by atoms with van der Waals surface area (Å²) in [6.07, 6.45) is 2.95. The number of likely N-dealkylation sites (tertiary alicyclic amines) is 1. The third kappa shape index (κ3) is 4.76. The maximum Gasteiger partial charge on any atom is 0.317 e. The van der Waals surface area contributed by atoms with Crippen LogP contribution in [-0.4, -0.2) is 52.6 Å². The van der Waals surface area contributed by atoms with Gasteiger partial charge in [-0.3, -0.25) is 4.79 Å². The first kappa shape index (κ1) is 15.1. The summed E-state index contributed by atoms with van der Waals surface area (Å²) in [5.74, 6) is -0.687. The maximum absolute atomic E-state index is 11.9. The van der Waals surface area contributed by atoms with Gasteiger partial charge in [0.1, 0.15) is 0 Å². The molecule has 0 bridgehead atoms. The fourth-order valence-electron chi connectivity index (χ4n) is 1.90. The number of aliphatic carboxylic acids is 1. The molecule has 18 heavy (non-hydrogen) atoms. The number of hydrogen-bond donors (Lipinski definition) is 2. The molecule has 104 valence electrons. The standard InChI is InChI=1S/C12H22N2O3S/c1-12(2,18-3)8-13-11(17)14-5-4-9(7-14)6-10(15)16/h9H,4-8H2,1-3H3,(H,13,17)(H,15,16). The molecule has 0 aromatic heterocycles. The van der Waals surface area contributed by atoms with Gasteiger partial charge in [-0.05, 0) is 32.4 Å². The second-order valence-electron chi connectivity index (χ2n) is 5.32. The van der Waals surface area contributed by atoms with Crippen LogP contribution < -0.4 is 5.32 Å². The summed E-state index contributed by atoms with van der Waals surface area (Å²) in [5.41, 5.74) is 0. The van der Waals surface area contributed by atoms with Gasteiger partial charge >= 0.3 is 12.0 Å². The number of rotatable bonds is 5. The Morgan fingerprint density at radius 2 is 2.17 bits per heavy atom. The Kier molecular flexibility index (Phi) is 5.31. The maximum atomic E-state index is 11.9. The molecular weight excluding hydrogens is 252 g/mol. The van der Waals surface area contributed by atoms with Crippen LogP contribution in [0.1, 0.15) is 26.7 Å². The van der Waals surface area contributed by atoms with E-state index in [0.717, 1.165) is 6.42 Å². The molecule has 1 saturated heterocycles. The van der Waals surface area contributed by atoms with E-state index >= 15 is 0 Å². The van der Waals surface area contributed by atoms with Crippen LogP contribution >= 0.6 is 11.8 Å². The molecule has 1 aliphatic rings. The number of hydrogen-bond acceptors (Lipinski definition) is 3. The first-order chi connectivity index (χ1) is 8.34. The van der Waals surface area contributed by atoms with E-state index in [0.29, 0.717) is 19.6 Å². The Bertz CT molecular complexity index is 320. The van der Waals surface area contributed by atoms with Crippen molar-refractivity contribution in [2.75, 3.05) is 25.9 Å². The average molecular weight is 274 g/mol. The van der Waals surface area contributed by atoms with E-state index in [-0.39, 0.29) is 23.1 Å². The zero-order valence-electron chi connectivity index (χ0n) is 11.2. The zero-order valence-corrected chi connectivity index (χ0v) is 12.0. The van der Waals surface area contributed by atoms with Crippen LogP contribution in [0.5, 0.6) is 0 Å². The molecule has 1 unspecified atom stereocenters. The quantitative estimate of drug-likeness (QED) is 0.799. The number of carbonyl (C=O) groups excluding carboxylic acids is 1. The number of thioether (sulfide) groups is 1. The second kappa shape index (κ2) is 6.31. The van der Waals surface area contributed by atoms with E-state index in [1.54, 1.807) is 16.7 Å². The van der Waals surface area contributed by atoms with Crippen LogP contribution in [-0.2, 0) is 4.79 Å². The second-order valence-corrected chi connectivity index (χ2v) is 6.83. The minimum atomic E-state index is -0.786. The summed E-state index contributed by atoms with van der Waals surface area (Å²) in [4.78, 5) is 24.2. The SMILES string of the molecule is CSC(C)(C)CNC(=O)N1CCC(CC(=O)O)C1. The van der Waals surface area contributed by atoms with E-state index in [2.05, 4.69) is 19.2 Å². The first-order valence-corrected chi connectivity index (χ1v) is 7.36. The normalized spacial score (nSPS) is 19.9. The van der Waals surface area contributed by atoms with E-state index in [1.165, 1.54) is 0 Å². The zero-order chi connectivity index (χ0) is 13.8. The molecule has 2 N–H and O–H groups in total. The van der Waals surface area contributed by atoms with Crippen molar-refractivity contribution in [2.24, 2.45) is 5.92 Å². The van der Waals surface area contributed by atoms with E-state index in [9.17, 15) is 9.59 Å². The highest BCUT2D eigenvalue weighted by Gasteiger charge is 2.28. The highest BCUT2D eigenvalue weighted by Crippen LogP contribution is 2.21. The first-order valence-electron chi connectivity index (χ1n) is 6.14. The van der Waals surface area contributed by atoms with Crippen molar-refractivity contribution in [3.8, 4) is 0 Å². The Morgan fingerprint density at radius 1 is 1.50 bits per heavy atom. The summed E-state index contributed by atoms with van der Waals surface area (Å²) in [6.45, 7) is 5.98. The summed E-state index contributed by atoms with van der Waals surface area (Å²) >= 11 is 1.71. The van der Waals surface area contributed by atoms with Gasteiger partial charge in [-0.2, -0.15) is 11.8 Å². The van der Waals surface area contributed by atoms with Crippen molar-refractivity contribution in [3.63, 3.8) is 0 Å². The molecule has 0 aromatic rings. The van der Waals surface area contributed by atoms with Gasteiger partial charge in [0.15, 0.2) is 0 Å². The van der Waals surface area contributed by atoms with Gasteiger partial charge in [-0.15, -0.1) is 0 Å². The predicted molar refractivity (Wildman–Crippen MR) is 72.9 cm³/mol. The highest BCUT2D eigenvalue weighted by molar-refractivity contribution is 7.99. The lowest BCUT2D eigenvalue weighted by Gasteiger charge is -2.24. The van der Waals surface area contributed by atoms with Gasteiger partial charge in [-0.1, -0.05) is 0 Å². The van der Waals surface area contributed by atoms with Crippen molar-refractivity contribution in [1.29, 1.82) is 0 Å². The average Bonchev–Trinajstić information content (AvgIpc) is 2.73. The third-order valence-electron chi connectivity index (χ3n) is 3.25. The number of nitrogens with zero attached hydrogens (tertiary/aromatic N) is 1. The lowest BCUT2D eigenvalue weighted by Crippen LogP contribution is -2.43. The molecular formula is C12H22N2O3S. The van der Waals surface area contributed by atoms with Crippen molar-refractivity contribution in [2.45, 2.75) is 31.4 Å². The number of carbonyl (C=O) groups is 2. The number of carboxylic acid groups (broad SMARTS) is 1. The van der Waals surface area contributed by atoms with Crippen LogP contribution in [0.4, 0.5) is 4.79 Å². The molecule has 6 heteroatoms. The molecule has 0 spiro atoms. The van der Waals surface area contributed by atoms with Crippen LogP contribution in [0.15, 0.2) is 0 Å².